The van der Waals surface area contributed by atoms with Crippen LogP contribution in [0.15, 0.2) is 18.2 Å². The average molecular weight is 364 g/mol. The lowest BCUT2D eigenvalue weighted by Crippen LogP contribution is -2.41. The molecule has 1 aromatic rings. The van der Waals surface area contributed by atoms with Gasteiger partial charge < -0.3 is 9.47 Å². The van der Waals surface area contributed by atoms with Crippen molar-refractivity contribution in [3.8, 4) is 11.5 Å². The second-order valence-corrected chi connectivity index (χ2v) is 6.23. The van der Waals surface area contributed by atoms with Crippen molar-refractivity contribution < 1.29 is 19.1 Å². The highest BCUT2D eigenvalue weighted by molar-refractivity contribution is 5.96. The molecule has 0 unspecified atom stereocenters. The van der Waals surface area contributed by atoms with Crippen molar-refractivity contribution in [2.75, 3.05) is 13.7 Å². The van der Waals surface area contributed by atoms with Crippen molar-refractivity contribution in [2.45, 2.75) is 65.2 Å². The van der Waals surface area contributed by atoms with Gasteiger partial charge in [0.1, 0.15) is 0 Å². The van der Waals surface area contributed by atoms with Gasteiger partial charge in [0.25, 0.3) is 5.91 Å². The summed E-state index contributed by atoms with van der Waals surface area (Å²) in [5, 5.41) is 0. The molecule has 0 aromatic heterocycles. The van der Waals surface area contributed by atoms with Crippen LogP contribution in [0, 0.1) is 0 Å². The van der Waals surface area contributed by atoms with Gasteiger partial charge in [-0.25, -0.2) is 0 Å². The zero-order chi connectivity index (χ0) is 19.2. The lowest BCUT2D eigenvalue weighted by Gasteiger charge is -2.12. The van der Waals surface area contributed by atoms with Crippen molar-refractivity contribution in [1.29, 1.82) is 0 Å². The molecule has 1 rings (SSSR count). The number of methoxy groups -OCH3 is 1. The molecular formula is C20H32N2O4. The van der Waals surface area contributed by atoms with E-state index in [4.69, 9.17) is 9.47 Å². The number of carbonyl (C=O) groups excluding carboxylic acids is 2. The minimum Gasteiger partial charge on any atom is -0.493 e. The van der Waals surface area contributed by atoms with Crippen molar-refractivity contribution in [3.05, 3.63) is 23.8 Å². The van der Waals surface area contributed by atoms with E-state index in [-0.39, 0.29) is 11.8 Å². The van der Waals surface area contributed by atoms with E-state index in [1.807, 2.05) is 0 Å². The molecular weight excluding hydrogens is 332 g/mol. The number of benzene rings is 1. The van der Waals surface area contributed by atoms with Crippen LogP contribution >= 0.6 is 0 Å². The lowest BCUT2D eigenvalue weighted by molar-refractivity contribution is -0.122. The highest BCUT2D eigenvalue weighted by Gasteiger charge is 2.12. The van der Waals surface area contributed by atoms with E-state index in [0.29, 0.717) is 30.1 Å². The molecule has 6 nitrogen and oxygen atoms in total. The molecule has 2 amide bonds. The summed E-state index contributed by atoms with van der Waals surface area (Å²) < 4.78 is 10.9. The lowest BCUT2D eigenvalue weighted by atomic mass is 10.1. The van der Waals surface area contributed by atoms with Crippen molar-refractivity contribution >= 4 is 11.8 Å². The van der Waals surface area contributed by atoms with Crippen LogP contribution in [0.4, 0.5) is 0 Å². The van der Waals surface area contributed by atoms with Crippen LogP contribution in [-0.4, -0.2) is 25.5 Å². The summed E-state index contributed by atoms with van der Waals surface area (Å²) in [7, 11) is 1.53. The Hall–Kier alpha value is -2.24. The first-order valence-corrected chi connectivity index (χ1v) is 9.52. The van der Waals surface area contributed by atoms with E-state index in [2.05, 4.69) is 24.7 Å². The Labute approximate surface area is 156 Å². The predicted octanol–water partition coefficient (Wildman–Crippen LogP) is 4.00. The van der Waals surface area contributed by atoms with Gasteiger partial charge in [0.15, 0.2) is 11.5 Å². The van der Waals surface area contributed by atoms with Crippen molar-refractivity contribution in [3.63, 3.8) is 0 Å². The van der Waals surface area contributed by atoms with E-state index < -0.39 is 0 Å². The fourth-order valence-corrected chi connectivity index (χ4v) is 2.40. The molecule has 0 aliphatic heterocycles. The second-order valence-electron chi connectivity index (χ2n) is 6.23. The number of hydrogen-bond acceptors (Lipinski definition) is 4. The largest absolute Gasteiger partial charge is 0.493 e. The maximum absolute atomic E-state index is 12.2. The second kappa shape index (κ2) is 13.0. The number of nitrogens with one attached hydrogen (secondary N) is 2. The summed E-state index contributed by atoms with van der Waals surface area (Å²) in [6.45, 7) is 4.85. The van der Waals surface area contributed by atoms with Gasteiger partial charge in [0.05, 0.1) is 13.7 Å². The Morgan fingerprint density at radius 3 is 2.35 bits per heavy atom. The van der Waals surface area contributed by atoms with Crippen molar-refractivity contribution in [2.24, 2.45) is 0 Å². The Balaban J connectivity index is 2.45. The van der Waals surface area contributed by atoms with Crippen LogP contribution in [-0.2, 0) is 4.79 Å². The number of carbonyl (C=O) groups is 2. The summed E-state index contributed by atoms with van der Waals surface area (Å²) in [5.41, 5.74) is 5.29. The van der Waals surface area contributed by atoms with E-state index in [1.165, 1.54) is 20.0 Å². The Morgan fingerprint density at radius 1 is 0.923 bits per heavy atom. The first kappa shape index (κ1) is 21.8. The van der Waals surface area contributed by atoms with Gasteiger partial charge >= 0.3 is 0 Å². The van der Waals surface area contributed by atoms with Crippen LogP contribution in [0.25, 0.3) is 0 Å². The summed E-state index contributed by atoms with van der Waals surface area (Å²) in [6, 6.07) is 4.96. The molecule has 0 radical (unpaired) electrons. The molecule has 0 aliphatic carbocycles. The molecule has 2 N–H and O–H groups in total. The topological polar surface area (TPSA) is 76.7 Å². The SMILES string of the molecule is CCCCCCCC(=O)NNC(=O)c1ccc(OCCCC)c(OC)c1. The predicted molar refractivity (Wildman–Crippen MR) is 102 cm³/mol. The standard InChI is InChI=1S/C20H32N2O4/c1-4-6-8-9-10-11-19(23)21-22-20(24)16-12-13-17(18(15-16)25-3)26-14-7-5-2/h12-13,15H,4-11,14H2,1-3H3,(H,21,23)(H,22,24). The number of rotatable bonds is 12. The number of hydrazine groups is 1. The zero-order valence-electron chi connectivity index (χ0n) is 16.2. The molecule has 0 bridgehead atoms. The van der Waals surface area contributed by atoms with Crippen molar-refractivity contribution in [1.82, 2.24) is 10.9 Å². The van der Waals surface area contributed by atoms with Gasteiger partial charge in [-0.2, -0.15) is 0 Å². The summed E-state index contributed by atoms with van der Waals surface area (Å²) in [4.78, 5) is 23.9. The number of ether oxygens (including phenoxy) is 2. The Morgan fingerprint density at radius 2 is 1.65 bits per heavy atom. The van der Waals surface area contributed by atoms with E-state index in [0.717, 1.165) is 32.1 Å². The van der Waals surface area contributed by atoms with E-state index in [1.54, 1.807) is 18.2 Å². The smallest absolute Gasteiger partial charge is 0.269 e. The van der Waals surface area contributed by atoms with Gasteiger partial charge in [0.2, 0.25) is 5.91 Å². The van der Waals surface area contributed by atoms with Gasteiger partial charge in [-0.15, -0.1) is 0 Å². The molecule has 0 aliphatic rings. The van der Waals surface area contributed by atoms with Crippen LogP contribution in [0.1, 0.15) is 75.6 Å². The van der Waals surface area contributed by atoms with E-state index in [9.17, 15) is 9.59 Å². The normalized spacial score (nSPS) is 10.3. The first-order chi connectivity index (χ1) is 12.6. The average Bonchev–Trinajstić information content (AvgIpc) is 2.66. The molecule has 0 heterocycles. The van der Waals surface area contributed by atoms with Crippen LogP contribution in [0.2, 0.25) is 0 Å². The maximum Gasteiger partial charge on any atom is 0.269 e. The van der Waals surface area contributed by atoms with Crippen LogP contribution in [0.3, 0.4) is 0 Å². The molecule has 0 saturated carbocycles. The number of amides is 2. The van der Waals surface area contributed by atoms with E-state index >= 15 is 0 Å². The number of unbranched alkanes of at least 4 members (excludes halogenated alkanes) is 5. The maximum atomic E-state index is 12.2. The highest BCUT2D eigenvalue weighted by Crippen LogP contribution is 2.28. The molecule has 146 valence electrons. The van der Waals surface area contributed by atoms with Gasteiger partial charge in [-0.05, 0) is 31.0 Å². The first-order valence-electron chi connectivity index (χ1n) is 9.52. The molecule has 1 aromatic carbocycles. The molecule has 0 fully saturated rings. The number of hydrogen-bond donors (Lipinski definition) is 2. The third-order valence-electron chi connectivity index (χ3n) is 4.00. The Kier molecular flexibility index (Phi) is 10.9. The summed E-state index contributed by atoms with van der Waals surface area (Å²) in [6.07, 6.45) is 7.79. The molecule has 0 spiro atoms. The third kappa shape index (κ3) is 8.23. The highest BCUT2D eigenvalue weighted by atomic mass is 16.5. The quantitative estimate of drug-likeness (QED) is 0.434. The van der Waals surface area contributed by atoms with Gasteiger partial charge in [0, 0.05) is 12.0 Å². The van der Waals surface area contributed by atoms with Gasteiger partial charge in [-0.3, -0.25) is 20.4 Å². The van der Waals surface area contributed by atoms with Crippen LogP contribution in [0.5, 0.6) is 11.5 Å². The molecule has 6 heteroatoms. The third-order valence-corrected chi connectivity index (χ3v) is 4.00. The van der Waals surface area contributed by atoms with Gasteiger partial charge in [-0.1, -0.05) is 46.0 Å². The molecule has 26 heavy (non-hydrogen) atoms. The fourth-order valence-electron chi connectivity index (χ4n) is 2.40. The monoisotopic (exact) mass is 364 g/mol. The summed E-state index contributed by atoms with van der Waals surface area (Å²) in [5.74, 6) is 0.536. The fraction of sp³-hybridized carbons (Fsp3) is 0.600. The van der Waals surface area contributed by atoms with Crippen LogP contribution < -0.4 is 20.3 Å². The zero-order valence-corrected chi connectivity index (χ0v) is 16.2. The molecule has 0 atom stereocenters. The minimum atomic E-state index is -0.386. The Bertz CT molecular complexity index is 561. The molecule has 0 saturated heterocycles. The minimum absolute atomic E-state index is 0.179. The summed E-state index contributed by atoms with van der Waals surface area (Å²) >= 11 is 0.